The van der Waals surface area contributed by atoms with E-state index in [0.717, 1.165) is 27.3 Å². The van der Waals surface area contributed by atoms with Gasteiger partial charge in [-0.25, -0.2) is 8.42 Å². The van der Waals surface area contributed by atoms with Crippen molar-refractivity contribution in [2.75, 3.05) is 10.6 Å². The summed E-state index contributed by atoms with van der Waals surface area (Å²) in [5, 5.41) is 3.54. The summed E-state index contributed by atoms with van der Waals surface area (Å²) in [7, 11) is -3.72. The first kappa shape index (κ1) is 22.8. The van der Waals surface area contributed by atoms with Crippen LogP contribution in [0, 0.1) is 6.92 Å². The van der Waals surface area contributed by atoms with Gasteiger partial charge >= 0.3 is 0 Å². The number of hydrogen-bond donors (Lipinski definition) is 1. The van der Waals surface area contributed by atoms with Crippen molar-refractivity contribution < 1.29 is 13.2 Å². The lowest BCUT2D eigenvalue weighted by atomic mass is 9.94. The highest BCUT2D eigenvalue weighted by Crippen LogP contribution is 2.27. The van der Waals surface area contributed by atoms with Gasteiger partial charge in [-0.05, 0) is 54.8 Å². The average Bonchev–Trinajstić information content (AvgIpc) is 2.73. The van der Waals surface area contributed by atoms with Crippen LogP contribution in [0.2, 0.25) is 5.02 Å². The fourth-order valence-electron chi connectivity index (χ4n) is 3.56. The van der Waals surface area contributed by atoms with Gasteiger partial charge in [0, 0.05) is 5.02 Å². The van der Waals surface area contributed by atoms with Crippen molar-refractivity contribution in [3.05, 3.63) is 101 Å². The van der Waals surface area contributed by atoms with Gasteiger partial charge in [-0.3, -0.25) is 9.10 Å². The molecule has 7 heteroatoms. The van der Waals surface area contributed by atoms with Crippen LogP contribution in [0.3, 0.4) is 0 Å². The molecule has 0 radical (unpaired) electrons. The standard InChI is InChI=1S/C24H25ClN2O3S/c1-17-9-7-8-12-22(17)23(19-10-5-4-6-11-19)26-24(28)18(2)27(31(3,29)30)21-15-13-20(25)14-16-21/h4-16,18,23H,1-3H3,(H,26,28)/t18-,23-/m0/s1. The molecular formula is C24H25ClN2O3S. The molecule has 0 aliphatic rings. The van der Waals surface area contributed by atoms with E-state index in [1.165, 1.54) is 0 Å². The minimum atomic E-state index is -3.72. The Labute approximate surface area is 188 Å². The predicted molar refractivity (Wildman–Crippen MR) is 126 cm³/mol. The molecule has 162 valence electrons. The van der Waals surface area contributed by atoms with Crippen LogP contribution in [0.5, 0.6) is 0 Å². The van der Waals surface area contributed by atoms with Crippen LogP contribution in [-0.4, -0.2) is 26.6 Å². The molecule has 5 nitrogen and oxygen atoms in total. The first-order valence-electron chi connectivity index (χ1n) is 9.84. The monoisotopic (exact) mass is 456 g/mol. The Morgan fingerprint density at radius 2 is 1.52 bits per heavy atom. The number of hydrogen-bond acceptors (Lipinski definition) is 3. The lowest BCUT2D eigenvalue weighted by Gasteiger charge is -2.30. The van der Waals surface area contributed by atoms with Crippen molar-refractivity contribution in [2.45, 2.75) is 25.9 Å². The molecule has 2 atom stereocenters. The Morgan fingerprint density at radius 1 is 0.935 bits per heavy atom. The highest BCUT2D eigenvalue weighted by Gasteiger charge is 2.31. The maximum Gasteiger partial charge on any atom is 0.244 e. The lowest BCUT2D eigenvalue weighted by molar-refractivity contribution is -0.122. The molecule has 0 aliphatic heterocycles. The zero-order chi connectivity index (χ0) is 22.6. The number of nitrogens with one attached hydrogen (secondary N) is 1. The number of nitrogens with zero attached hydrogens (tertiary/aromatic N) is 1. The van der Waals surface area contributed by atoms with Crippen LogP contribution in [0.25, 0.3) is 0 Å². The van der Waals surface area contributed by atoms with E-state index in [1.807, 2.05) is 61.5 Å². The summed E-state index contributed by atoms with van der Waals surface area (Å²) in [6.07, 6.45) is 1.08. The van der Waals surface area contributed by atoms with E-state index in [1.54, 1.807) is 31.2 Å². The first-order valence-corrected chi connectivity index (χ1v) is 12.1. The highest BCUT2D eigenvalue weighted by atomic mass is 35.5. The Kier molecular flexibility index (Phi) is 7.03. The van der Waals surface area contributed by atoms with E-state index in [0.29, 0.717) is 10.7 Å². The molecule has 0 aliphatic carbocycles. The number of halogens is 1. The number of rotatable bonds is 7. The molecule has 1 amide bonds. The van der Waals surface area contributed by atoms with Gasteiger partial charge in [0.2, 0.25) is 15.9 Å². The molecule has 0 fully saturated rings. The van der Waals surface area contributed by atoms with Crippen LogP contribution < -0.4 is 9.62 Å². The molecule has 3 aromatic rings. The van der Waals surface area contributed by atoms with Crippen LogP contribution in [-0.2, 0) is 14.8 Å². The SMILES string of the molecule is Cc1ccccc1[C@@H](NC(=O)[C@H](C)N(c1ccc(Cl)cc1)S(C)(=O)=O)c1ccccc1. The lowest BCUT2D eigenvalue weighted by Crippen LogP contribution is -2.48. The van der Waals surface area contributed by atoms with E-state index in [9.17, 15) is 13.2 Å². The molecular weight excluding hydrogens is 432 g/mol. The molecule has 0 heterocycles. The van der Waals surface area contributed by atoms with E-state index in [-0.39, 0.29) is 0 Å². The first-order chi connectivity index (χ1) is 14.7. The van der Waals surface area contributed by atoms with Gasteiger partial charge in [-0.15, -0.1) is 0 Å². The van der Waals surface area contributed by atoms with Crippen molar-refractivity contribution in [3.8, 4) is 0 Å². The molecule has 0 spiro atoms. The summed E-state index contributed by atoms with van der Waals surface area (Å²) in [6, 6.07) is 22.4. The van der Waals surface area contributed by atoms with Gasteiger partial charge in [-0.1, -0.05) is 66.2 Å². The molecule has 3 rings (SSSR count). The summed E-state index contributed by atoms with van der Waals surface area (Å²) in [4.78, 5) is 13.3. The largest absolute Gasteiger partial charge is 0.343 e. The van der Waals surface area contributed by atoms with E-state index < -0.39 is 28.0 Å². The number of sulfonamides is 1. The summed E-state index contributed by atoms with van der Waals surface area (Å²) in [5.41, 5.74) is 3.27. The zero-order valence-electron chi connectivity index (χ0n) is 17.6. The number of carbonyl (C=O) groups excluding carboxylic acids is 1. The van der Waals surface area contributed by atoms with Crippen molar-refractivity contribution in [1.82, 2.24) is 5.32 Å². The minimum absolute atomic E-state index is 0.377. The third kappa shape index (κ3) is 5.46. The Balaban J connectivity index is 1.96. The van der Waals surface area contributed by atoms with Crippen molar-refractivity contribution in [3.63, 3.8) is 0 Å². The molecule has 0 unspecified atom stereocenters. The fourth-order valence-corrected chi connectivity index (χ4v) is 4.86. The number of anilines is 1. The molecule has 1 N–H and O–H groups in total. The van der Waals surface area contributed by atoms with E-state index in [4.69, 9.17) is 11.6 Å². The van der Waals surface area contributed by atoms with Gasteiger partial charge in [0.25, 0.3) is 0 Å². The normalized spacial score (nSPS) is 13.3. The second-order valence-electron chi connectivity index (χ2n) is 7.42. The quantitative estimate of drug-likeness (QED) is 0.560. The Hall–Kier alpha value is -2.83. The van der Waals surface area contributed by atoms with Gasteiger partial charge in [0.15, 0.2) is 0 Å². The van der Waals surface area contributed by atoms with Crippen molar-refractivity contribution in [2.24, 2.45) is 0 Å². The number of benzene rings is 3. The van der Waals surface area contributed by atoms with Gasteiger partial charge in [0.1, 0.15) is 6.04 Å². The van der Waals surface area contributed by atoms with Crippen LogP contribution >= 0.6 is 11.6 Å². The predicted octanol–water partition coefficient (Wildman–Crippen LogP) is 4.71. The van der Waals surface area contributed by atoms with Gasteiger partial charge < -0.3 is 5.32 Å². The van der Waals surface area contributed by atoms with E-state index >= 15 is 0 Å². The molecule has 0 saturated carbocycles. The number of carbonyl (C=O) groups is 1. The summed E-state index contributed by atoms with van der Waals surface area (Å²) in [5.74, 6) is -0.405. The average molecular weight is 457 g/mol. The van der Waals surface area contributed by atoms with Gasteiger partial charge in [0.05, 0.1) is 18.0 Å². The molecule has 31 heavy (non-hydrogen) atoms. The highest BCUT2D eigenvalue weighted by molar-refractivity contribution is 7.92. The molecule has 0 aromatic heterocycles. The topological polar surface area (TPSA) is 66.5 Å². The molecule has 0 bridgehead atoms. The minimum Gasteiger partial charge on any atom is -0.343 e. The van der Waals surface area contributed by atoms with Crippen molar-refractivity contribution >= 4 is 33.2 Å². The summed E-state index contributed by atoms with van der Waals surface area (Å²) >= 11 is 5.94. The third-order valence-electron chi connectivity index (χ3n) is 5.09. The maximum absolute atomic E-state index is 13.3. The molecule has 0 saturated heterocycles. The summed E-state index contributed by atoms with van der Waals surface area (Å²) in [6.45, 7) is 3.56. The second kappa shape index (κ2) is 9.54. The van der Waals surface area contributed by atoms with Crippen LogP contribution in [0.1, 0.15) is 29.7 Å². The zero-order valence-corrected chi connectivity index (χ0v) is 19.2. The number of aryl methyl sites for hydroxylation is 1. The Morgan fingerprint density at radius 3 is 2.10 bits per heavy atom. The second-order valence-corrected chi connectivity index (χ2v) is 9.72. The Bertz CT molecular complexity index is 1150. The third-order valence-corrected chi connectivity index (χ3v) is 6.58. The van der Waals surface area contributed by atoms with E-state index in [2.05, 4.69) is 5.32 Å². The van der Waals surface area contributed by atoms with Crippen molar-refractivity contribution in [1.29, 1.82) is 0 Å². The smallest absolute Gasteiger partial charge is 0.244 e. The van der Waals surface area contributed by atoms with Crippen LogP contribution in [0.4, 0.5) is 5.69 Å². The number of amides is 1. The maximum atomic E-state index is 13.3. The fraction of sp³-hybridized carbons (Fsp3) is 0.208. The summed E-state index contributed by atoms with van der Waals surface area (Å²) < 4.78 is 26.2. The van der Waals surface area contributed by atoms with Gasteiger partial charge in [-0.2, -0.15) is 0 Å². The molecule has 3 aromatic carbocycles. The van der Waals surface area contributed by atoms with Crippen LogP contribution in [0.15, 0.2) is 78.9 Å².